The largest absolute Gasteiger partial charge is 0.340 e. The summed E-state index contributed by atoms with van der Waals surface area (Å²) in [4.78, 5) is 14.3. The number of hydrogen-bond donors (Lipinski definition) is 1. The van der Waals surface area contributed by atoms with Crippen molar-refractivity contribution < 1.29 is 13.2 Å². The van der Waals surface area contributed by atoms with E-state index in [2.05, 4.69) is 10.2 Å². The lowest BCUT2D eigenvalue weighted by Crippen LogP contribution is -2.50. The highest BCUT2D eigenvalue weighted by Crippen LogP contribution is 2.15. The van der Waals surface area contributed by atoms with Gasteiger partial charge in [-0.05, 0) is 25.5 Å². The molecule has 1 aromatic heterocycles. The Bertz CT molecular complexity index is 908. The third-order valence-electron chi connectivity index (χ3n) is 4.79. The summed E-state index contributed by atoms with van der Waals surface area (Å²) in [6.45, 7) is 5.16. The summed E-state index contributed by atoms with van der Waals surface area (Å²) in [5.74, 6) is -0.000486. The maximum atomic E-state index is 12.5. The molecule has 0 aliphatic carbocycles. The lowest BCUT2D eigenvalue weighted by atomic mass is 10.1. The molecule has 0 unspecified atom stereocenters. The van der Waals surface area contributed by atoms with Crippen LogP contribution in [-0.2, 0) is 21.2 Å². The second-order valence-corrected chi connectivity index (χ2v) is 8.45. The predicted molar refractivity (Wildman–Crippen MR) is 104 cm³/mol. The van der Waals surface area contributed by atoms with Gasteiger partial charge in [0.15, 0.2) is 0 Å². The average molecular weight is 388 g/mol. The van der Waals surface area contributed by atoms with E-state index in [1.807, 2.05) is 44.2 Å². The van der Waals surface area contributed by atoms with Gasteiger partial charge in [-0.2, -0.15) is 9.40 Å². The maximum absolute atomic E-state index is 12.5. The Kier molecular flexibility index (Phi) is 5.76. The van der Waals surface area contributed by atoms with Gasteiger partial charge in [-0.1, -0.05) is 30.3 Å². The van der Waals surface area contributed by atoms with Crippen LogP contribution in [-0.4, -0.2) is 59.9 Å². The van der Waals surface area contributed by atoms with Crippen LogP contribution in [0.15, 0.2) is 35.7 Å². The van der Waals surface area contributed by atoms with Crippen LogP contribution in [0.3, 0.4) is 0 Å². The summed E-state index contributed by atoms with van der Waals surface area (Å²) in [7, 11) is -3.49. The molecule has 1 aromatic carbocycles. The van der Waals surface area contributed by atoms with Crippen molar-refractivity contribution in [2.45, 2.75) is 20.3 Å². The van der Waals surface area contributed by atoms with Crippen LogP contribution in [0.4, 0.5) is 0 Å². The summed E-state index contributed by atoms with van der Waals surface area (Å²) in [6, 6.07) is 9.31. The lowest BCUT2D eigenvalue weighted by Gasteiger charge is -2.33. The fourth-order valence-electron chi connectivity index (χ4n) is 3.10. The summed E-state index contributed by atoms with van der Waals surface area (Å²) in [5.41, 5.74) is 3.47. The van der Waals surface area contributed by atoms with Crippen molar-refractivity contribution in [3.63, 3.8) is 0 Å². The van der Waals surface area contributed by atoms with Gasteiger partial charge in [0, 0.05) is 42.8 Å². The van der Waals surface area contributed by atoms with Gasteiger partial charge < -0.3 is 4.90 Å². The van der Waals surface area contributed by atoms with Crippen LogP contribution in [0, 0.1) is 13.8 Å². The molecule has 144 valence electrons. The molecular formula is C19H24N4O3S. The molecule has 0 bridgehead atoms. The highest BCUT2D eigenvalue weighted by atomic mass is 32.2. The van der Waals surface area contributed by atoms with E-state index in [1.54, 1.807) is 11.0 Å². The standard InChI is InChI=1S/C19H24N4O3S/c1-15-18(16(2)21-20-15)14-19(24)22-9-11-23(12-10-22)27(25,26)13-8-17-6-4-3-5-7-17/h3-8,13H,9-12,14H2,1-2H3,(H,20,21). The molecule has 0 atom stereocenters. The smallest absolute Gasteiger partial charge is 0.236 e. The highest BCUT2D eigenvalue weighted by molar-refractivity contribution is 7.92. The highest BCUT2D eigenvalue weighted by Gasteiger charge is 2.27. The number of carbonyl (C=O) groups excluding carboxylic acids is 1. The van der Waals surface area contributed by atoms with Crippen LogP contribution in [0.2, 0.25) is 0 Å². The Labute approximate surface area is 159 Å². The van der Waals surface area contributed by atoms with Crippen LogP contribution in [0.5, 0.6) is 0 Å². The monoisotopic (exact) mass is 388 g/mol. The summed E-state index contributed by atoms with van der Waals surface area (Å²) in [6.07, 6.45) is 1.88. The normalized spacial score (nSPS) is 16.1. The zero-order valence-electron chi connectivity index (χ0n) is 15.6. The van der Waals surface area contributed by atoms with Crippen LogP contribution in [0.1, 0.15) is 22.5 Å². The first-order valence-corrected chi connectivity index (χ1v) is 10.4. The van der Waals surface area contributed by atoms with Gasteiger partial charge in [-0.3, -0.25) is 9.89 Å². The van der Waals surface area contributed by atoms with Crippen molar-refractivity contribution in [3.8, 4) is 0 Å². The minimum Gasteiger partial charge on any atom is -0.340 e. The predicted octanol–water partition coefficient (Wildman–Crippen LogP) is 1.71. The summed E-state index contributed by atoms with van der Waals surface area (Å²) < 4.78 is 26.4. The second-order valence-electron chi connectivity index (χ2n) is 6.63. The third-order valence-corrected chi connectivity index (χ3v) is 6.36. The quantitative estimate of drug-likeness (QED) is 0.845. The molecule has 7 nitrogen and oxygen atoms in total. The molecule has 1 saturated heterocycles. The van der Waals surface area contributed by atoms with Crippen molar-refractivity contribution in [2.75, 3.05) is 26.2 Å². The van der Waals surface area contributed by atoms with E-state index in [1.165, 1.54) is 9.71 Å². The molecule has 3 rings (SSSR count). The molecule has 1 aliphatic heterocycles. The van der Waals surface area contributed by atoms with E-state index in [0.29, 0.717) is 26.2 Å². The lowest BCUT2D eigenvalue weighted by molar-refractivity contribution is -0.131. The van der Waals surface area contributed by atoms with E-state index in [9.17, 15) is 13.2 Å². The third kappa shape index (κ3) is 4.64. The molecule has 2 heterocycles. The van der Waals surface area contributed by atoms with Gasteiger partial charge in [-0.15, -0.1) is 0 Å². The Morgan fingerprint density at radius 3 is 2.41 bits per heavy atom. The molecule has 1 aliphatic rings. The number of aromatic nitrogens is 2. The first-order valence-electron chi connectivity index (χ1n) is 8.88. The van der Waals surface area contributed by atoms with Gasteiger partial charge >= 0.3 is 0 Å². The maximum Gasteiger partial charge on any atom is 0.236 e. The van der Waals surface area contributed by atoms with E-state index in [0.717, 1.165) is 22.5 Å². The van der Waals surface area contributed by atoms with Crippen LogP contribution in [0.25, 0.3) is 6.08 Å². The zero-order valence-corrected chi connectivity index (χ0v) is 16.4. The Morgan fingerprint density at radius 2 is 1.81 bits per heavy atom. The number of nitrogens with one attached hydrogen (secondary N) is 1. The topological polar surface area (TPSA) is 86.4 Å². The number of carbonyl (C=O) groups is 1. The second kappa shape index (κ2) is 8.06. The molecule has 1 amide bonds. The van der Waals surface area contributed by atoms with E-state index in [-0.39, 0.29) is 12.3 Å². The van der Waals surface area contributed by atoms with Gasteiger partial charge in [0.05, 0.1) is 12.1 Å². The fraction of sp³-hybridized carbons (Fsp3) is 0.368. The Balaban J connectivity index is 1.58. The van der Waals surface area contributed by atoms with Gasteiger partial charge in [-0.25, -0.2) is 8.42 Å². The molecular weight excluding hydrogens is 364 g/mol. The van der Waals surface area contributed by atoms with Crippen molar-refractivity contribution >= 4 is 22.0 Å². The number of aryl methyl sites for hydroxylation is 2. The number of H-pyrrole nitrogens is 1. The number of hydrogen-bond acceptors (Lipinski definition) is 4. The molecule has 27 heavy (non-hydrogen) atoms. The van der Waals surface area contributed by atoms with Crippen molar-refractivity contribution in [2.24, 2.45) is 0 Å². The van der Waals surface area contributed by atoms with Crippen LogP contribution < -0.4 is 0 Å². The van der Waals surface area contributed by atoms with E-state index in [4.69, 9.17) is 0 Å². The molecule has 8 heteroatoms. The molecule has 1 N–H and O–H groups in total. The van der Waals surface area contributed by atoms with Crippen LogP contribution >= 0.6 is 0 Å². The number of piperazine rings is 1. The number of sulfonamides is 1. The summed E-state index contributed by atoms with van der Waals surface area (Å²) >= 11 is 0. The molecule has 1 fully saturated rings. The first kappa shape index (κ1) is 19.3. The van der Waals surface area contributed by atoms with Gasteiger partial charge in [0.2, 0.25) is 15.9 Å². The SMILES string of the molecule is Cc1n[nH]c(C)c1CC(=O)N1CCN(S(=O)(=O)C=Cc2ccccc2)CC1. The molecule has 0 radical (unpaired) electrons. The van der Waals surface area contributed by atoms with Gasteiger partial charge in [0.1, 0.15) is 0 Å². The number of benzene rings is 1. The first-order chi connectivity index (χ1) is 12.9. The fourth-order valence-corrected chi connectivity index (χ4v) is 4.28. The van der Waals surface area contributed by atoms with E-state index >= 15 is 0 Å². The minimum absolute atomic E-state index is 0.000486. The summed E-state index contributed by atoms with van der Waals surface area (Å²) in [5, 5.41) is 8.23. The molecule has 0 saturated carbocycles. The number of nitrogens with zero attached hydrogens (tertiary/aromatic N) is 3. The number of rotatable bonds is 5. The minimum atomic E-state index is -3.49. The number of amides is 1. The average Bonchev–Trinajstić information content (AvgIpc) is 2.99. The molecule has 2 aromatic rings. The van der Waals surface area contributed by atoms with E-state index < -0.39 is 10.0 Å². The van der Waals surface area contributed by atoms with Crippen molar-refractivity contribution in [1.29, 1.82) is 0 Å². The van der Waals surface area contributed by atoms with Crippen molar-refractivity contribution in [3.05, 3.63) is 58.3 Å². The molecule has 0 spiro atoms. The zero-order chi connectivity index (χ0) is 19.4. The Morgan fingerprint density at radius 1 is 1.15 bits per heavy atom. The van der Waals surface area contributed by atoms with Gasteiger partial charge in [0.25, 0.3) is 0 Å². The number of aromatic amines is 1. The Hall–Kier alpha value is -2.45. The van der Waals surface area contributed by atoms with Crippen molar-refractivity contribution in [1.82, 2.24) is 19.4 Å².